The number of hydrogen-bond donors (Lipinski definition) is 1. The molecule has 1 N–H and O–H groups in total. The summed E-state index contributed by atoms with van der Waals surface area (Å²) in [4.78, 5) is 12.6. The van der Waals surface area contributed by atoms with Gasteiger partial charge in [0.25, 0.3) is 0 Å². The Kier molecular flexibility index (Phi) is 4.25. The minimum Gasteiger partial charge on any atom is -0.497 e. The molecule has 0 fully saturated rings. The normalized spacial score (nSPS) is 12.6. The second kappa shape index (κ2) is 5.92. The molecular weight excluding hydrogens is 254 g/mol. The highest BCUT2D eigenvalue weighted by molar-refractivity contribution is 5.84. The van der Waals surface area contributed by atoms with Gasteiger partial charge in [-0.05, 0) is 48.5 Å². The number of carboxylic acids is 1. The maximum atomic E-state index is 10.8. The van der Waals surface area contributed by atoms with Crippen LogP contribution in [0.4, 0.5) is 0 Å². The average Bonchev–Trinajstić information content (AvgIpc) is 2.44. The summed E-state index contributed by atoms with van der Waals surface area (Å²) in [5.74, 6) is 0.0196. The summed E-state index contributed by atoms with van der Waals surface area (Å²) in [7, 11) is 3.47. The molecule has 0 spiro atoms. The third kappa shape index (κ3) is 3.08. The van der Waals surface area contributed by atoms with Crippen molar-refractivity contribution < 1.29 is 14.6 Å². The van der Waals surface area contributed by atoms with Gasteiger partial charge in [-0.1, -0.05) is 18.2 Å². The Bertz CT molecular complexity index is 624. The number of benzene rings is 2. The van der Waals surface area contributed by atoms with Crippen LogP contribution in [-0.2, 0) is 4.79 Å². The molecule has 4 nitrogen and oxygen atoms in total. The molecule has 0 saturated carbocycles. The summed E-state index contributed by atoms with van der Waals surface area (Å²) in [5.41, 5.74) is 1.10. The average molecular weight is 273 g/mol. The van der Waals surface area contributed by atoms with E-state index in [-0.39, 0.29) is 12.6 Å². The lowest BCUT2D eigenvalue weighted by Gasteiger charge is -2.23. The number of likely N-dealkylation sites (N-methyl/N-ethyl adjacent to an activating group) is 1. The summed E-state index contributed by atoms with van der Waals surface area (Å²) in [6, 6.07) is 12.2. The molecule has 0 aliphatic rings. The van der Waals surface area contributed by atoms with Gasteiger partial charge >= 0.3 is 5.97 Å². The van der Waals surface area contributed by atoms with Crippen molar-refractivity contribution in [3.63, 3.8) is 0 Å². The number of rotatable bonds is 5. The molecule has 2 aromatic carbocycles. The Hall–Kier alpha value is -2.07. The molecule has 1 unspecified atom stereocenters. The van der Waals surface area contributed by atoms with Crippen molar-refractivity contribution in [2.45, 2.75) is 13.0 Å². The Morgan fingerprint density at radius 2 is 1.90 bits per heavy atom. The fourth-order valence-electron chi connectivity index (χ4n) is 2.23. The van der Waals surface area contributed by atoms with E-state index in [0.717, 1.165) is 22.1 Å². The number of aliphatic carboxylic acids is 1. The van der Waals surface area contributed by atoms with Crippen molar-refractivity contribution in [2.24, 2.45) is 0 Å². The second-order valence-electron chi connectivity index (χ2n) is 4.96. The molecule has 0 bridgehead atoms. The van der Waals surface area contributed by atoms with Crippen LogP contribution < -0.4 is 4.74 Å². The highest BCUT2D eigenvalue weighted by Crippen LogP contribution is 2.26. The molecule has 0 radical (unpaired) electrons. The standard InChI is InChI=1S/C16H19NO3/c1-11(17(2)10-16(18)19)12-4-5-14-9-15(20-3)7-6-13(14)8-12/h4-9,11H,10H2,1-3H3,(H,18,19). The Labute approximate surface area is 118 Å². The molecule has 0 amide bonds. The van der Waals surface area contributed by atoms with Crippen LogP contribution in [0, 0.1) is 0 Å². The number of carboxylic acid groups (broad SMARTS) is 1. The zero-order valence-electron chi connectivity index (χ0n) is 12.0. The van der Waals surface area contributed by atoms with Gasteiger partial charge in [0.1, 0.15) is 5.75 Å². The zero-order valence-corrected chi connectivity index (χ0v) is 12.0. The van der Waals surface area contributed by atoms with Crippen molar-refractivity contribution in [2.75, 3.05) is 20.7 Å². The van der Waals surface area contributed by atoms with Crippen molar-refractivity contribution >= 4 is 16.7 Å². The van der Waals surface area contributed by atoms with Crippen LogP contribution in [0.2, 0.25) is 0 Å². The minimum absolute atomic E-state index is 0.0296. The van der Waals surface area contributed by atoms with Gasteiger partial charge in [0.15, 0.2) is 0 Å². The molecule has 0 aliphatic heterocycles. The lowest BCUT2D eigenvalue weighted by Crippen LogP contribution is -2.28. The smallest absolute Gasteiger partial charge is 0.317 e. The summed E-state index contributed by atoms with van der Waals surface area (Å²) < 4.78 is 5.21. The maximum absolute atomic E-state index is 10.8. The van der Waals surface area contributed by atoms with Crippen LogP contribution in [0.5, 0.6) is 5.75 Å². The molecule has 20 heavy (non-hydrogen) atoms. The van der Waals surface area contributed by atoms with Gasteiger partial charge in [0.2, 0.25) is 0 Å². The predicted molar refractivity (Wildman–Crippen MR) is 79.2 cm³/mol. The zero-order chi connectivity index (χ0) is 14.7. The summed E-state index contributed by atoms with van der Waals surface area (Å²) in [5, 5.41) is 11.1. The lowest BCUT2D eigenvalue weighted by atomic mass is 10.0. The Morgan fingerprint density at radius 3 is 2.55 bits per heavy atom. The van der Waals surface area contributed by atoms with Crippen molar-refractivity contribution in [3.8, 4) is 5.75 Å². The molecule has 0 saturated heterocycles. The first-order valence-electron chi connectivity index (χ1n) is 6.51. The quantitative estimate of drug-likeness (QED) is 0.910. The number of fused-ring (bicyclic) bond motifs is 1. The van der Waals surface area contributed by atoms with Crippen LogP contribution in [0.3, 0.4) is 0 Å². The number of methoxy groups -OCH3 is 1. The second-order valence-corrected chi connectivity index (χ2v) is 4.96. The van der Waals surface area contributed by atoms with Crippen LogP contribution in [0.15, 0.2) is 36.4 Å². The van der Waals surface area contributed by atoms with Crippen molar-refractivity contribution in [3.05, 3.63) is 42.0 Å². The number of carbonyl (C=O) groups is 1. The molecule has 0 aliphatic carbocycles. The molecule has 0 aromatic heterocycles. The first-order chi connectivity index (χ1) is 9.51. The molecule has 106 valence electrons. The highest BCUT2D eigenvalue weighted by atomic mass is 16.5. The van der Waals surface area contributed by atoms with E-state index in [1.54, 1.807) is 7.11 Å². The van der Waals surface area contributed by atoms with Crippen LogP contribution in [-0.4, -0.2) is 36.7 Å². The van der Waals surface area contributed by atoms with Gasteiger partial charge in [-0.25, -0.2) is 0 Å². The number of nitrogens with zero attached hydrogens (tertiary/aromatic N) is 1. The molecule has 4 heteroatoms. The summed E-state index contributed by atoms with van der Waals surface area (Å²) in [6.07, 6.45) is 0. The number of ether oxygens (including phenoxy) is 1. The van der Waals surface area contributed by atoms with Gasteiger partial charge in [0, 0.05) is 6.04 Å². The fraction of sp³-hybridized carbons (Fsp3) is 0.312. The van der Waals surface area contributed by atoms with E-state index in [1.165, 1.54) is 0 Å². The van der Waals surface area contributed by atoms with Gasteiger partial charge in [-0.15, -0.1) is 0 Å². The molecule has 1 atom stereocenters. The third-order valence-electron chi connectivity index (χ3n) is 3.60. The van der Waals surface area contributed by atoms with Crippen LogP contribution >= 0.6 is 0 Å². The topological polar surface area (TPSA) is 49.8 Å². The first-order valence-corrected chi connectivity index (χ1v) is 6.51. The van der Waals surface area contributed by atoms with E-state index < -0.39 is 5.97 Å². The van der Waals surface area contributed by atoms with Crippen molar-refractivity contribution in [1.82, 2.24) is 4.90 Å². The predicted octanol–water partition coefficient (Wildman–Crippen LogP) is 2.93. The van der Waals surface area contributed by atoms with Crippen molar-refractivity contribution in [1.29, 1.82) is 0 Å². The van der Waals surface area contributed by atoms with E-state index in [2.05, 4.69) is 6.07 Å². The van der Waals surface area contributed by atoms with Crippen LogP contribution in [0.25, 0.3) is 10.8 Å². The van der Waals surface area contributed by atoms with E-state index in [4.69, 9.17) is 9.84 Å². The van der Waals surface area contributed by atoms with Gasteiger partial charge < -0.3 is 9.84 Å². The fourth-order valence-corrected chi connectivity index (χ4v) is 2.23. The molecule has 0 heterocycles. The largest absolute Gasteiger partial charge is 0.497 e. The molecule has 2 aromatic rings. The monoisotopic (exact) mass is 273 g/mol. The van der Waals surface area contributed by atoms with E-state index in [9.17, 15) is 4.79 Å². The molecular formula is C16H19NO3. The first kappa shape index (κ1) is 14.3. The lowest BCUT2D eigenvalue weighted by molar-refractivity contribution is -0.138. The van der Waals surface area contributed by atoms with Crippen LogP contribution in [0.1, 0.15) is 18.5 Å². The maximum Gasteiger partial charge on any atom is 0.317 e. The van der Waals surface area contributed by atoms with E-state index in [0.29, 0.717) is 0 Å². The minimum atomic E-state index is -0.815. The Morgan fingerprint density at radius 1 is 1.25 bits per heavy atom. The van der Waals surface area contributed by atoms with E-state index >= 15 is 0 Å². The van der Waals surface area contributed by atoms with E-state index in [1.807, 2.05) is 49.2 Å². The number of hydrogen-bond acceptors (Lipinski definition) is 3. The Balaban J connectivity index is 2.29. The SMILES string of the molecule is COc1ccc2cc(C(C)N(C)CC(=O)O)ccc2c1. The van der Waals surface area contributed by atoms with Gasteiger partial charge in [-0.3, -0.25) is 9.69 Å². The van der Waals surface area contributed by atoms with Gasteiger partial charge in [-0.2, -0.15) is 0 Å². The summed E-state index contributed by atoms with van der Waals surface area (Å²) in [6.45, 7) is 2.04. The van der Waals surface area contributed by atoms with Gasteiger partial charge in [0.05, 0.1) is 13.7 Å². The highest BCUT2D eigenvalue weighted by Gasteiger charge is 2.14. The summed E-state index contributed by atoms with van der Waals surface area (Å²) >= 11 is 0. The molecule has 2 rings (SSSR count). The third-order valence-corrected chi connectivity index (χ3v) is 3.60.